The molecule has 0 saturated heterocycles. The van der Waals surface area contributed by atoms with Crippen molar-refractivity contribution in [2.24, 2.45) is 0 Å². The Bertz CT molecular complexity index is 617. The molecule has 2 aromatic heterocycles. The summed E-state index contributed by atoms with van der Waals surface area (Å²) in [7, 11) is 0. The van der Waals surface area contributed by atoms with Crippen molar-refractivity contribution in [1.29, 1.82) is 0 Å². The lowest BCUT2D eigenvalue weighted by atomic mass is 10.1. The Morgan fingerprint density at radius 1 is 1.22 bits per heavy atom. The van der Waals surface area contributed by atoms with Gasteiger partial charge in [-0.1, -0.05) is 25.7 Å². The average molecular weight is 313 g/mol. The first kappa shape index (κ1) is 15.6. The summed E-state index contributed by atoms with van der Waals surface area (Å²) in [6.07, 6.45) is 10.9. The molecule has 0 spiro atoms. The van der Waals surface area contributed by atoms with E-state index >= 15 is 0 Å². The number of anilines is 1. The van der Waals surface area contributed by atoms with Gasteiger partial charge in [0.25, 0.3) is 5.91 Å². The van der Waals surface area contributed by atoms with E-state index in [2.05, 4.69) is 15.6 Å². The zero-order valence-corrected chi connectivity index (χ0v) is 13.3. The molecule has 2 aromatic rings. The molecule has 0 aliphatic heterocycles. The van der Waals surface area contributed by atoms with Gasteiger partial charge in [0, 0.05) is 17.9 Å². The van der Waals surface area contributed by atoms with Crippen molar-refractivity contribution in [3.8, 4) is 0 Å². The fraction of sp³-hybridized carbons (Fsp3) is 0.444. The van der Waals surface area contributed by atoms with Crippen LogP contribution in [0.4, 0.5) is 5.69 Å². The number of amides is 1. The molecule has 5 nitrogen and oxygen atoms in total. The molecule has 0 bridgehead atoms. The highest BCUT2D eigenvalue weighted by Crippen LogP contribution is 2.21. The van der Waals surface area contributed by atoms with Gasteiger partial charge in [-0.15, -0.1) is 0 Å². The molecule has 23 heavy (non-hydrogen) atoms. The Hall–Kier alpha value is -2.30. The van der Waals surface area contributed by atoms with Gasteiger partial charge in [0.05, 0.1) is 12.8 Å². The van der Waals surface area contributed by atoms with E-state index in [0.717, 1.165) is 11.4 Å². The van der Waals surface area contributed by atoms with Gasteiger partial charge in [-0.25, -0.2) is 0 Å². The highest BCUT2D eigenvalue weighted by Gasteiger charge is 2.13. The Kier molecular flexibility index (Phi) is 5.29. The quantitative estimate of drug-likeness (QED) is 0.825. The normalized spacial score (nSPS) is 15.8. The minimum atomic E-state index is -0.189. The van der Waals surface area contributed by atoms with Crippen molar-refractivity contribution in [1.82, 2.24) is 10.3 Å². The van der Waals surface area contributed by atoms with Crippen molar-refractivity contribution in [3.05, 3.63) is 48.2 Å². The summed E-state index contributed by atoms with van der Waals surface area (Å²) >= 11 is 0. The smallest absolute Gasteiger partial charge is 0.270 e. The topological polar surface area (TPSA) is 67.2 Å². The highest BCUT2D eigenvalue weighted by molar-refractivity contribution is 5.93. The SMILES string of the molecule is O=C(NCc1ccco1)c1cc(NC2CCCCCC2)ccn1. The van der Waals surface area contributed by atoms with Gasteiger partial charge in [-0.3, -0.25) is 9.78 Å². The van der Waals surface area contributed by atoms with Gasteiger partial charge in [-0.05, 0) is 37.1 Å². The molecular formula is C18H23N3O2. The van der Waals surface area contributed by atoms with Gasteiger partial charge in [0.15, 0.2) is 0 Å². The van der Waals surface area contributed by atoms with Gasteiger partial charge >= 0.3 is 0 Å². The second-order valence-corrected chi connectivity index (χ2v) is 6.02. The molecule has 0 aromatic carbocycles. The molecule has 5 heteroatoms. The van der Waals surface area contributed by atoms with E-state index in [0.29, 0.717) is 18.3 Å². The number of rotatable bonds is 5. The molecule has 1 saturated carbocycles. The molecule has 1 fully saturated rings. The van der Waals surface area contributed by atoms with Crippen LogP contribution in [-0.2, 0) is 6.54 Å². The minimum Gasteiger partial charge on any atom is -0.467 e. The lowest BCUT2D eigenvalue weighted by Crippen LogP contribution is -2.24. The van der Waals surface area contributed by atoms with Crippen molar-refractivity contribution in [3.63, 3.8) is 0 Å². The van der Waals surface area contributed by atoms with E-state index in [1.54, 1.807) is 18.5 Å². The molecule has 2 heterocycles. The number of nitrogens with one attached hydrogen (secondary N) is 2. The first-order valence-corrected chi connectivity index (χ1v) is 8.34. The highest BCUT2D eigenvalue weighted by atomic mass is 16.3. The summed E-state index contributed by atoms with van der Waals surface area (Å²) in [5.74, 6) is 0.539. The van der Waals surface area contributed by atoms with Crippen molar-refractivity contribution < 1.29 is 9.21 Å². The molecule has 1 aliphatic carbocycles. The number of carbonyl (C=O) groups excluding carboxylic acids is 1. The molecule has 122 valence electrons. The second-order valence-electron chi connectivity index (χ2n) is 6.02. The van der Waals surface area contributed by atoms with Crippen LogP contribution in [0.1, 0.15) is 54.8 Å². The number of hydrogen-bond donors (Lipinski definition) is 2. The molecule has 0 atom stereocenters. The summed E-state index contributed by atoms with van der Waals surface area (Å²) in [6, 6.07) is 7.88. The molecular weight excluding hydrogens is 290 g/mol. The van der Waals surface area contributed by atoms with Crippen LogP contribution < -0.4 is 10.6 Å². The zero-order valence-electron chi connectivity index (χ0n) is 13.3. The monoisotopic (exact) mass is 313 g/mol. The van der Waals surface area contributed by atoms with Gasteiger partial charge < -0.3 is 15.1 Å². The first-order chi connectivity index (χ1) is 11.3. The van der Waals surface area contributed by atoms with Gasteiger partial charge in [-0.2, -0.15) is 0 Å². The summed E-state index contributed by atoms with van der Waals surface area (Å²) in [4.78, 5) is 16.4. The number of aromatic nitrogens is 1. The summed E-state index contributed by atoms with van der Waals surface area (Å²) in [6.45, 7) is 0.369. The fourth-order valence-corrected chi connectivity index (χ4v) is 2.98. The minimum absolute atomic E-state index is 0.189. The van der Waals surface area contributed by atoms with Gasteiger partial charge in [0.2, 0.25) is 0 Å². The maximum Gasteiger partial charge on any atom is 0.270 e. The summed E-state index contributed by atoms with van der Waals surface area (Å²) in [5.41, 5.74) is 1.39. The van der Waals surface area contributed by atoms with E-state index in [9.17, 15) is 4.79 Å². The maximum atomic E-state index is 12.2. The average Bonchev–Trinajstić information content (AvgIpc) is 2.97. The predicted molar refractivity (Wildman–Crippen MR) is 89.2 cm³/mol. The number of hydrogen-bond acceptors (Lipinski definition) is 4. The Morgan fingerprint density at radius 3 is 2.78 bits per heavy atom. The summed E-state index contributed by atoms with van der Waals surface area (Å²) in [5, 5.41) is 6.37. The van der Waals surface area contributed by atoms with E-state index in [1.165, 1.54) is 38.5 Å². The second kappa shape index (κ2) is 7.81. The van der Waals surface area contributed by atoms with Crippen LogP contribution in [0.25, 0.3) is 0 Å². The van der Waals surface area contributed by atoms with Crippen LogP contribution in [-0.4, -0.2) is 16.9 Å². The lowest BCUT2D eigenvalue weighted by Gasteiger charge is -2.17. The largest absolute Gasteiger partial charge is 0.467 e. The third-order valence-electron chi connectivity index (χ3n) is 4.22. The van der Waals surface area contributed by atoms with E-state index in [-0.39, 0.29) is 5.91 Å². The van der Waals surface area contributed by atoms with Crippen LogP contribution in [0.5, 0.6) is 0 Å². The van der Waals surface area contributed by atoms with Crippen LogP contribution in [0, 0.1) is 0 Å². The van der Waals surface area contributed by atoms with Gasteiger partial charge in [0.1, 0.15) is 11.5 Å². The van der Waals surface area contributed by atoms with Crippen molar-refractivity contribution >= 4 is 11.6 Å². The van der Waals surface area contributed by atoms with Crippen molar-refractivity contribution in [2.75, 3.05) is 5.32 Å². The fourth-order valence-electron chi connectivity index (χ4n) is 2.98. The van der Waals surface area contributed by atoms with Crippen LogP contribution in [0.3, 0.4) is 0 Å². The number of nitrogens with zero attached hydrogens (tertiary/aromatic N) is 1. The molecule has 0 unspecified atom stereocenters. The third kappa shape index (κ3) is 4.58. The number of pyridine rings is 1. The van der Waals surface area contributed by atoms with E-state index < -0.39 is 0 Å². The molecule has 1 aliphatic rings. The predicted octanol–water partition coefficient (Wildman–Crippen LogP) is 3.74. The van der Waals surface area contributed by atoms with Crippen molar-refractivity contribution in [2.45, 2.75) is 51.1 Å². The molecule has 2 N–H and O–H groups in total. The Morgan fingerprint density at radius 2 is 2.04 bits per heavy atom. The van der Waals surface area contributed by atoms with E-state index in [4.69, 9.17) is 4.42 Å². The standard InChI is InChI=1S/C18H23N3O2/c22-18(20-13-16-8-5-11-23-16)17-12-15(9-10-19-17)21-14-6-3-1-2-4-7-14/h5,8-12,14H,1-4,6-7,13H2,(H,19,21)(H,20,22). The first-order valence-electron chi connectivity index (χ1n) is 8.34. The van der Waals surface area contributed by atoms with Crippen LogP contribution >= 0.6 is 0 Å². The van der Waals surface area contributed by atoms with Crippen LogP contribution in [0.15, 0.2) is 41.1 Å². The van der Waals surface area contributed by atoms with E-state index in [1.807, 2.05) is 18.2 Å². The molecule has 0 radical (unpaired) electrons. The summed E-state index contributed by atoms with van der Waals surface area (Å²) < 4.78 is 5.21. The zero-order chi connectivity index (χ0) is 15.9. The number of carbonyl (C=O) groups is 1. The molecule has 1 amide bonds. The Labute approximate surface area is 136 Å². The Balaban J connectivity index is 1.58. The van der Waals surface area contributed by atoms with Crippen LogP contribution in [0.2, 0.25) is 0 Å². The maximum absolute atomic E-state index is 12.2. The molecule has 3 rings (SSSR count). The lowest BCUT2D eigenvalue weighted by molar-refractivity contribution is 0.0943. The third-order valence-corrected chi connectivity index (χ3v) is 4.22. The number of furan rings is 1.